The number of piperazine rings is 1. The Labute approximate surface area is 165 Å². The Balaban J connectivity index is 1.34. The number of carbonyl (C=O) groups excluding carboxylic acids is 1. The minimum Gasteiger partial charge on any atom is -0.494 e. The van der Waals surface area contributed by atoms with Crippen molar-refractivity contribution in [2.75, 3.05) is 32.8 Å². The molecule has 144 valence electrons. The third kappa shape index (κ3) is 5.94. The summed E-state index contributed by atoms with van der Waals surface area (Å²) in [7, 11) is 0. The lowest BCUT2D eigenvalue weighted by Crippen LogP contribution is -2.48. The van der Waals surface area contributed by atoms with Crippen LogP contribution in [0.4, 0.5) is 0 Å². The van der Waals surface area contributed by atoms with E-state index < -0.39 is 0 Å². The summed E-state index contributed by atoms with van der Waals surface area (Å²) in [6, 6.07) is 9.67. The maximum absolute atomic E-state index is 12.4. The summed E-state index contributed by atoms with van der Waals surface area (Å²) < 4.78 is 5.72. The van der Waals surface area contributed by atoms with Gasteiger partial charge in [0.05, 0.1) is 6.61 Å². The number of ether oxygens (including phenoxy) is 1. The van der Waals surface area contributed by atoms with Gasteiger partial charge in [0.15, 0.2) is 0 Å². The van der Waals surface area contributed by atoms with Gasteiger partial charge in [-0.1, -0.05) is 17.7 Å². The number of nitrogens with zero attached hydrogens (tertiary/aromatic N) is 3. The lowest BCUT2D eigenvalue weighted by atomic mass is 10.2. The van der Waals surface area contributed by atoms with Crippen LogP contribution in [-0.2, 0) is 11.3 Å². The van der Waals surface area contributed by atoms with Crippen LogP contribution >= 0.6 is 11.6 Å². The van der Waals surface area contributed by atoms with Crippen LogP contribution in [0.5, 0.6) is 5.75 Å². The summed E-state index contributed by atoms with van der Waals surface area (Å²) in [4.78, 5) is 20.9. The van der Waals surface area contributed by atoms with E-state index in [0.29, 0.717) is 13.0 Å². The molecule has 1 saturated heterocycles. The highest BCUT2D eigenvalue weighted by Gasteiger charge is 2.20. The second-order valence-corrected chi connectivity index (χ2v) is 7.29. The van der Waals surface area contributed by atoms with Crippen LogP contribution in [0.1, 0.15) is 24.0 Å². The van der Waals surface area contributed by atoms with E-state index in [4.69, 9.17) is 16.3 Å². The second kappa shape index (κ2) is 9.72. The average molecular weight is 388 g/mol. The molecule has 0 spiro atoms. The molecule has 0 radical (unpaired) electrons. The molecule has 1 aromatic carbocycles. The van der Waals surface area contributed by atoms with Gasteiger partial charge in [-0.05, 0) is 48.7 Å². The molecule has 0 aliphatic carbocycles. The van der Waals surface area contributed by atoms with Gasteiger partial charge in [-0.25, -0.2) is 0 Å². The number of aromatic nitrogens is 1. The number of aryl methyl sites for hydroxylation is 1. The molecule has 0 atom stereocenters. The molecular formula is C21H26ClN3O2. The fourth-order valence-corrected chi connectivity index (χ4v) is 3.30. The van der Waals surface area contributed by atoms with Crippen LogP contribution in [-0.4, -0.2) is 53.5 Å². The lowest BCUT2D eigenvalue weighted by Gasteiger charge is -2.34. The van der Waals surface area contributed by atoms with Gasteiger partial charge in [0.25, 0.3) is 0 Å². The molecule has 1 fully saturated rings. The van der Waals surface area contributed by atoms with E-state index in [0.717, 1.165) is 55.5 Å². The first kappa shape index (κ1) is 19.6. The molecule has 27 heavy (non-hydrogen) atoms. The Morgan fingerprint density at radius 3 is 2.74 bits per heavy atom. The first-order valence-corrected chi connectivity index (χ1v) is 9.77. The summed E-state index contributed by atoms with van der Waals surface area (Å²) in [5.41, 5.74) is 2.21. The molecule has 0 N–H and O–H groups in total. The first-order valence-electron chi connectivity index (χ1n) is 9.40. The molecule has 1 aliphatic heterocycles. The standard InChI is InChI=1S/C21H26ClN3O2/c1-17-14-19(6-7-20(17)22)27-13-3-5-21(26)25-11-9-24(10-12-25)16-18-4-2-8-23-15-18/h2,4,6-8,14-15H,3,5,9-13,16H2,1H3. The molecule has 0 unspecified atom stereocenters. The molecule has 5 nitrogen and oxygen atoms in total. The van der Waals surface area contributed by atoms with Gasteiger partial charge in [-0.2, -0.15) is 0 Å². The monoisotopic (exact) mass is 387 g/mol. The van der Waals surface area contributed by atoms with Crippen LogP contribution in [0.3, 0.4) is 0 Å². The van der Waals surface area contributed by atoms with Crippen LogP contribution in [0, 0.1) is 6.92 Å². The average Bonchev–Trinajstić information content (AvgIpc) is 2.69. The van der Waals surface area contributed by atoms with Crippen molar-refractivity contribution in [3.63, 3.8) is 0 Å². The van der Waals surface area contributed by atoms with E-state index >= 15 is 0 Å². The van der Waals surface area contributed by atoms with Crippen LogP contribution < -0.4 is 4.74 Å². The number of pyridine rings is 1. The number of carbonyl (C=O) groups is 1. The number of benzene rings is 1. The third-order valence-electron chi connectivity index (χ3n) is 4.79. The molecule has 1 amide bonds. The van der Waals surface area contributed by atoms with Crippen molar-refractivity contribution in [3.05, 3.63) is 58.9 Å². The Bertz CT molecular complexity index is 746. The Morgan fingerprint density at radius 1 is 1.22 bits per heavy atom. The predicted octanol–water partition coefficient (Wildman–Crippen LogP) is 3.55. The van der Waals surface area contributed by atoms with Crippen molar-refractivity contribution in [2.45, 2.75) is 26.3 Å². The van der Waals surface area contributed by atoms with Crippen LogP contribution in [0.2, 0.25) is 5.02 Å². The van der Waals surface area contributed by atoms with E-state index in [-0.39, 0.29) is 5.91 Å². The van der Waals surface area contributed by atoms with Crippen molar-refractivity contribution < 1.29 is 9.53 Å². The molecule has 0 saturated carbocycles. The minimum atomic E-state index is 0.215. The van der Waals surface area contributed by atoms with Crippen molar-refractivity contribution in [1.29, 1.82) is 0 Å². The normalized spacial score (nSPS) is 15.0. The van der Waals surface area contributed by atoms with Gasteiger partial charge in [0.1, 0.15) is 5.75 Å². The fourth-order valence-electron chi connectivity index (χ4n) is 3.18. The van der Waals surface area contributed by atoms with E-state index in [2.05, 4.69) is 16.0 Å². The smallest absolute Gasteiger partial charge is 0.222 e. The summed E-state index contributed by atoms with van der Waals surface area (Å²) >= 11 is 6.01. The number of hydrogen-bond acceptors (Lipinski definition) is 4. The largest absolute Gasteiger partial charge is 0.494 e. The molecule has 1 aromatic heterocycles. The molecule has 0 bridgehead atoms. The summed E-state index contributed by atoms with van der Waals surface area (Å²) in [6.45, 7) is 6.76. The molecule has 1 aliphatic rings. The van der Waals surface area contributed by atoms with Gasteiger partial charge in [-0.15, -0.1) is 0 Å². The lowest BCUT2D eigenvalue weighted by molar-refractivity contribution is -0.133. The van der Waals surface area contributed by atoms with Gasteiger partial charge < -0.3 is 9.64 Å². The minimum absolute atomic E-state index is 0.215. The number of rotatable bonds is 7. The third-order valence-corrected chi connectivity index (χ3v) is 5.21. The molecular weight excluding hydrogens is 362 g/mol. The van der Waals surface area contributed by atoms with E-state index in [1.165, 1.54) is 5.56 Å². The molecule has 3 rings (SSSR count). The molecule has 2 aromatic rings. The quantitative estimate of drug-likeness (QED) is 0.681. The Morgan fingerprint density at radius 2 is 2.04 bits per heavy atom. The number of amides is 1. The first-order chi connectivity index (χ1) is 13.1. The van der Waals surface area contributed by atoms with Crippen molar-refractivity contribution in [2.24, 2.45) is 0 Å². The van der Waals surface area contributed by atoms with E-state index in [1.54, 1.807) is 6.20 Å². The van der Waals surface area contributed by atoms with Gasteiger partial charge in [-0.3, -0.25) is 14.7 Å². The van der Waals surface area contributed by atoms with Crippen LogP contribution in [0.25, 0.3) is 0 Å². The topological polar surface area (TPSA) is 45.7 Å². The van der Waals surface area contributed by atoms with Crippen LogP contribution in [0.15, 0.2) is 42.7 Å². The fraction of sp³-hybridized carbons (Fsp3) is 0.429. The summed E-state index contributed by atoms with van der Waals surface area (Å²) in [5.74, 6) is 1.01. The molecule has 2 heterocycles. The highest BCUT2D eigenvalue weighted by molar-refractivity contribution is 6.31. The Hall–Kier alpha value is -2.11. The summed E-state index contributed by atoms with van der Waals surface area (Å²) in [6.07, 6.45) is 4.93. The van der Waals surface area contributed by atoms with Crippen molar-refractivity contribution in [1.82, 2.24) is 14.8 Å². The zero-order valence-electron chi connectivity index (χ0n) is 15.7. The number of hydrogen-bond donors (Lipinski definition) is 0. The highest BCUT2D eigenvalue weighted by atomic mass is 35.5. The van der Waals surface area contributed by atoms with E-state index in [9.17, 15) is 4.79 Å². The maximum atomic E-state index is 12.4. The zero-order chi connectivity index (χ0) is 19.1. The predicted molar refractivity (Wildman–Crippen MR) is 107 cm³/mol. The second-order valence-electron chi connectivity index (χ2n) is 6.88. The highest BCUT2D eigenvalue weighted by Crippen LogP contribution is 2.21. The van der Waals surface area contributed by atoms with Gasteiger partial charge >= 0.3 is 0 Å². The number of halogens is 1. The van der Waals surface area contributed by atoms with Crippen molar-refractivity contribution >= 4 is 17.5 Å². The summed E-state index contributed by atoms with van der Waals surface area (Å²) in [5, 5.41) is 0.736. The van der Waals surface area contributed by atoms with Crippen molar-refractivity contribution in [3.8, 4) is 5.75 Å². The van der Waals surface area contributed by atoms with Gasteiger partial charge in [0, 0.05) is 56.6 Å². The SMILES string of the molecule is Cc1cc(OCCCC(=O)N2CCN(Cc3cccnc3)CC2)ccc1Cl. The molecule has 6 heteroatoms. The van der Waals surface area contributed by atoms with Gasteiger partial charge in [0.2, 0.25) is 5.91 Å². The van der Waals surface area contributed by atoms with E-state index in [1.807, 2.05) is 42.3 Å². The zero-order valence-corrected chi connectivity index (χ0v) is 16.5. The maximum Gasteiger partial charge on any atom is 0.222 e. The Kier molecular flexibility index (Phi) is 7.07.